The summed E-state index contributed by atoms with van der Waals surface area (Å²) in [5, 5.41) is 1.60. The van der Waals surface area contributed by atoms with Gasteiger partial charge >= 0.3 is 0 Å². The van der Waals surface area contributed by atoms with Crippen LogP contribution in [0.2, 0.25) is 0 Å². The van der Waals surface area contributed by atoms with Crippen LogP contribution in [0.25, 0.3) is 0 Å². The highest BCUT2D eigenvalue weighted by atomic mass is 79.9. The van der Waals surface area contributed by atoms with Gasteiger partial charge < -0.3 is 4.74 Å². The van der Waals surface area contributed by atoms with Gasteiger partial charge in [0, 0.05) is 10.6 Å². The highest BCUT2D eigenvalue weighted by Crippen LogP contribution is 2.41. The molecular formula is C11H12Br2OS. The fraction of sp³-hybridized carbons (Fsp3) is 0.455. The van der Waals surface area contributed by atoms with Crippen molar-refractivity contribution in [3.8, 4) is 5.75 Å². The molecule has 1 aromatic carbocycles. The summed E-state index contributed by atoms with van der Waals surface area (Å²) >= 11 is 9.14. The highest BCUT2D eigenvalue weighted by molar-refractivity contribution is 9.10. The van der Waals surface area contributed by atoms with E-state index in [-0.39, 0.29) is 0 Å². The number of alkyl halides is 1. The van der Waals surface area contributed by atoms with Crippen molar-refractivity contribution in [2.24, 2.45) is 0 Å². The molecule has 0 N–H and O–H groups in total. The third kappa shape index (κ3) is 2.37. The molecule has 0 aliphatic carbocycles. The Balaban J connectivity index is 2.45. The van der Waals surface area contributed by atoms with Crippen LogP contribution in [-0.2, 0) is 6.42 Å². The first kappa shape index (κ1) is 11.8. The molecule has 0 amide bonds. The zero-order valence-electron chi connectivity index (χ0n) is 8.43. The Hall–Kier alpha value is 0.330. The monoisotopic (exact) mass is 350 g/mol. The third-order valence-electron chi connectivity index (χ3n) is 2.59. The first-order valence-corrected chi connectivity index (χ1v) is 7.76. The molecule has 1 aliphatic heterocycles. The van der Waals surface area contributed by atoms with Crippen molar-refractivity contribution in [3.05, 3.63) is 27.7 Å². The average Bonchev–Trinajstić information content (AvgIpc) is 2.27. The lowest BCUT2D eigenvalue weighted by molar-refractivity contribution is 0.411. The molecule has 0 bridgehead atoms. The van der Waals surface area contributed by atoms with Crippen molar-refractivity contribution in [2.45, 2.75) is 11.7 Å². The second-order valence-corrected chi connectivity index (χ2v) is 6.26. The predicted octanol–water partition coefficient (Wildman–Crippen LogP) is 4.18. The molecule has 0 saturated carbocycles. The van der Waals surface area contributed by atoms with E-state index in [0.717, 1.165) is 22.0 Å². The van der Waals surface area contributed by atoms with Crippen LogP contribution in [0.5, 0.6) is 5.75 Å². The Morgan fingerprint density at radius 2 is 2.33 bits per heavy atom. The molecular weight excluding hydrogens is 340 g/mol. The second kappa shape index (κ2) is 5.11. The fourth-order valence-corrected chi connectivity index (χ4v) is 4.35. The molecule has 0 radical (unpaired) electrons. The van der Waals surface area contributed by atoms with Gasteiger partial charge in [-0.15, -0.1) is 0 Å². The third-order valence-corrected chi connectivity index (χ3v) is 5.55. The zero-order valence-corrected chi connectivity index (χ0v) is 12.4. The molecule has 2 rings (SSSR count). The van der Waals surface area contributed by atoms with E-state index in [9.17, 15) is 0 Å². The normalized spacial score (nSPS) is 19.8. The fourth-order valence-electron chi connectivity index (χ4n) is 1.81. The number of hydrogen-bond donors (Lipinski definition) is 0. The summed E-state index contributed by atoms with van der Waals surface area (Å²) in [4.78, 5) is 0. The van der Waals surface area contributed by atoms with Gasteiger partial charge in [0.15, 0.2) is 0 Å². The van der Waals surface area contributed by atoms with Gasteiger partial charge in [0.05, 0.1) is 11.6 Å². The number of benzene rings is 1. The number of aryl methyl sites for hydroxylation is 1. The molecule has 0 aromatic heterocycles. The van der Waals surface area contributed by atoms with Crippen molar-refractivity contribution in [2.75, 3.05) is 18.2 Å². The molecule has 1 unspecified atom stereocenters. The summed E-state index contributed by atoms with van der Waals surface area (Å²) < 4.78 is 6.37. The van der Waals surface area contributed by atoms with E-state index >= 15 is 0 Å². The Bertz CT molecular complexity index is 368. The van der Waals surface area contributed by atoms with Crippen LogP contribution in [0.15, 0.2) is 16.6 Å². The number of methoxy groups -OCH3 is 1. The second-order valence-electron chi connectivity index (χ2n) is 3.45. The van der Waals surface area contributed by atoms with E-state index in [1.165, 1.54) is 16.9 Å². The minimum atomic E-state index is 0.580. The van der Waals surface area contributed by atoms with Crippen molar-refractivity contribution in [1.82, 2.24) is 0 Å². The molecule has 0 saturated heterocycles. The summed E-state index contributed by atoms with van der Waals surface area (Å²) in [6, 6.07) is 4.36. The number of halogens is 2. The van der Waals surface area contributed by atoms with Gasteiger partial charge in [-0.25, -0.2) is 0 Å². The molecule has 1 aromatic rings. The van der Waals surface area contributed by atoms with Gasteiger partial charge in [0.1, 0.15) is 5.75 Å². The van der Waals surface area contributed by atoms with Crippen LogP contribution in [-0.4, -0.2) is 18.2 Å². The lowest BCUT2D eigenvalue weighted by atomic mass is 10.0. The zero-order chi connectivity index (χ0) is 10.8. The molecule has 15 heavy (non-hydrogen) atoms. The Morgan fingerprint density at radius 1 is 1.53 bits per heavy atom. The topological polar surface area (TPSA) is 9.23 Å². The average molecular weight is 352 g/mol. The van der Waals surface area contributed by atoms with E-state index in [1.54, 1.807) is 7.11 Å². The molecule has 0 fully saturated rings. The molecule has 0 spiro atoms. The Kier molecular flexibility index (Phi) is 4.02. The summed E-state index contributed by atoms with van der Waals surface area (Å²) in [6.45, 7) is 0. The summed E-state index contributed by atoms with van der Waals surface area (Å²) in [5.41, 5.74) is 2.87. The van der Waals surface area contributed by atoms with E-state index < -0.39 is 0 Å². The van der Waals surface area contributed by atoms with Gasteiger partial charge in [-0.05, 0) is 51.4 Å². The number of rotatable bonds is 2. The van der Waals surface area contributed by atoms with Gasteiger partial charge in [-0.3, -0.25) is 0 Å². The van der Waals surface area contributed by atoms with Gasteiger partial charge in [0.25, 0.3) is 0 Å². The van der Waals surface area contributed by atoms with Crippen molar-refractivity contribution >= 4 is 43.6 Å². The van der Waals surface area contributed by atoms with Crippen molar-refractivity contribution in [1.29, 1.82) is 0 Å². The quantitative estimate of drug-likeness (QED) is 0.739. The van der Waals surface area contributed by atoms with Gasteiger partial charge in [-0.1, -0.05) is 15.9 Å². The molecule has 1 nitrogen and oxygen atoms in total. The van der Waals surface area contributed by atoms with Crippen LogP contribution in [0.4, 0.5) is 0 Å². The molecule has 1 heterocycles. The predicted molar refractivity (Wildman–Crippen MR) is 73.4 cm³/mol. The molecule has 1 atom stereocenters. The summed E-state index contributed by atoms with van der Waals surface area (Å²) in [5.74, 6) is 2.14. The Morgan fingerprint density at radius 3 is 3.00 bits per heavy atom. The van der Waals surface area contributed by atoms with Crippen LogP contribution < -0.4 is 4.74 Å². The minimum absolute atomic E-state index is 0.580. The summed E-state index contributed by atoms with van der Waals surface area (Å²) in [7, 11) is 1.71. The summed E-state index contributed by atoms with van der Waals surface area (Å²) in [6.07, 6.45) is 1.15. The number of thioether (sulfide) groups is 1. The van der Waals surface area contributed by atoms with Crippen LogP contribution >= 0.6 is 43.6 Å². The minimum Gasteiger partial charge on any atom is -0.496 e. The largest absolute Gasteiger partial charge is 0.496 e. The smallest absolute Gasteiger partial charge is 0.133 e. The van der Waals surface area contributed by atoms with Crippen LogP contribution in [0.3, 0.4) is 0 Å². The lowest BCUT2D eigenvalue weighted by Gasteiger charge is -2.24. The van der Waals surface area contributed by atoms with Gasteiger partial charge in [-0.2, -0.15) is 11.8 Å². The molecule has 1 aliphatic rings. The maximum absolute atomic E-state index is 5.31. The maximum Gasteiger partial charge on any atom is 0.133 e. The number of hydrogen-bond acceptors (Lipinski definition) is 2. The number of ether oxygens (including phenoxy) is 1. The lowest BCUT2D eigenvalue weighted by Crippen LogP contribution is -2.09. The van der Waals surface area contributed by atoms with E-state index in [0.29, 0.717) is 5.25 Å². The standard InChI is InChI=1S/C11H12Br2OS/c1-14-10-4-7-2-3-15-11(6-12)8(7)5-9(10)13/h4-5,11H,2-3,6H2,1H3. The SMILES string of the molecule is COc1cc2c(cc1Br)C(CBr)SCC2. The van der Waals surface area contributed by atoms with Gasteiger partial charge in [0.2, 0.25) is 0 Å². The van der Waals surface area contributed by atoms with Crippen molar-refractivity contribution in [3.63, 3.8) is 0 Å². The van der Waals surface area contributed by atoms with Crippen LogP contribution in [0, 0.1) is 0 Å². The van der Waals surface area contributed by atoms with E-state index in [1.807, 2.05) is 11.8 Å². The number of fused-ring (bicyclic) bond motifs is 1. The molecule has 4 heteroatoms. The van der Waals surface area contributed by atoms with Crippen molar-refractivity contribution < 1.29 is 4.74 Å². The Labute approximate surface area is 111 Å². The van der Waals surface area contributed by atoms with Crippen LogP contribution in [0.1, 0.15) is 16.4 Å². The molecule has 82 valence electrons. The first-order valence-electron chi connectivity index (χ1n) is 4.80. The van der Waals surface area contributed by atoms with E-state index in [2.05, 4.69) is 44.0 Å². The highest BCUT2D eigenvalue weighted by Gasteiger charge is 2.21. The van der Waals surface area contributed by atoms with E-state index in [4.69, 9.17) is 4.74 Å². The first-order chi connectivity index (χ1) is 7.26. The maximum atomic E-state index is 5.31.